The summed E-state index contributed by atoms with van der Waals surface area (Å²) < 4.78 is 36.5. The second kappa shape index (κ2) is 3.45. The second-order valence-electron chi connectivity index (χ2n) is 2.98. The molecule has 1 aromatic rings. The van der Waals surface area contributed by atoms with Crippen molar-refractivity contribution in [3.63, 3.8) is 0 Å². The Hall–Kier alpha value is -1.30. The first-order chi connectivity index (χ1) is 6.32. The Labute approximate surface area is 77.7 Å². The fourth-order valence-corrected chi connectivity index (χ4v) is 1.02. The Morgan fingerprint density at radius 2 is 2.07 bits per heavy atom. The second-order valence-corrected chi connectivity index (χ2v) is 2.98. The number of halogens is 3. The predicted octanol–water partition coefficient (Wildman–Crippen LogP) is 1.25. The van der Waals surface area contributed by atoms with Gasteiger partial charge in [-0.25, -0.2) is 0 Å². The summed E-state index contributed by atoms with van der Waals surface area (Å²) in [7, 11) is 0. The third-order valence-corrected chi connectivity index (χ3v) is 1.76. The standard InChI is InChI=1S/C8H9F3N2O/c1-4-2-5(7(14)13-3-4)6(12)8(9,10)11/h2-3,6H,12H2,1H3,(H,13,14)/t6-/m1/s1. The van der Waals surface area contributed by atoms with Crippen molar-refractivity contribution in [1.29, 1.82) is 0 Å². The molecule has 0 saturated heterocycles. The Kier molecular flexibility index (Phi) is 2.66. The van der Waals surface area contributed by atoms with Gasteiger partial charge < -0.3 is 10.7 Å². The van der Waals surface area contributed by atoms with E-state index in [0.29, 0.717) is 5.56 Å². The van der Waals surface area contributed by atoms with Crippen molar-refractivity contribution in [3.05, 3.63) is 33.7 Å². The number of aromatic amines is 1. The van der Waals surface area contributed by atoms with Crippen LogP contribution in [-0.4, -0.2) is 11.2 Å². The first-order valence-corrected chi connectivity index (χ1v) is 3.84. The Morgan fingerprint density at radius 1 is 1.50 bits per heavy atom. The summed E-state index contributed by atoms with van der Waals surface area (Å²) >= 11 is 0. The van der Waals surface area contributed by atoms with Crippen molar-refractivity contribution < 1.29 is 13.2 Å². The van der Waals surface area contributed by atoms with Crippen LogP contribution in [0.3, 0.4) is 0 Å². The highest BCUT2D eigenvalue weighted by molar-refractivity contribution is 5.21. The first kappa shape index (κ1) is 10.8. The first-order valence-electron chi connectivity index (χ1n) is 3.84. The third-order valence-electron chi connectivity index (χ3n) is 1.76. The smallest absolute Gasteiger partial charge is 0.329 e. The van der Waals surface area contributed by atoms with E-state index in [9.17, 15) is 18.0 Å². The van der Waals surface area contributed by atoms with Gasteiger partial charge in [-0.05, 0) is 18.6 Å². The zero-order valence-electron chi connectivity index (χ0n) is 7.35. The monoisotopic (exact) mass is 206 g/mol. The summed E-state index contributed by atoms with van der Waals surface area (Å²) in [6, 6.07) is -1.09. The molecule has 3 N–H and O–H groups in total. The molecular formula is C8H9F3N2O. The SMILES string of the molecule is Cc1c[nH]c(=O)c([C@@H](N)C(F)(F)F)c1. The van der Waals surface area contributed by atoms with Crippen molar-refractivity contribution in [2.75, 3.05) is 0 Å². The van der Waals surface area contributed by atoms with Crippen LogP contribution in [0.2, 0.25) is 0 Å². The van der Waals surface area contributed by atoms with E-state index >= 15 is 0 Å². The molecule has 1 heterocycles. The van der Waals surface area contributed by atoms with Crippen LogP contribution < -0.4 is 11.3 Å². The van der Waals surface area contributed by atoms with Gasteiger partial charge in [-0.15, -0.1) is 0 Å². The van der Waals surface area contributed by atoms with Gasteiger partial charge in [0.05, 0.1) is 0 Å². The van der Waals surface area contributed by atoms with Crippen LogP contribution >= 0.6 is 0 Å². The van der Waals surface area contributed by atoms with Gasteiger partial charge >= 0.3 is 6.18 Å². The molecule has 0 bridgehead atoms. The lowest BCUT2D eigenvalue weighted by Gasteiger charge is -2.14. The molecule has 1 rings (SSSR count). The molecule has 0 radical (unpaired) electrons. The number of pyridine rings is 1. The summed E-state index contributed by atoms with van der Waals surface area (Å²) in [6.45, 7) is 1.57. The number of hydrogen-bond donors (Lipinski definition) is 2. The summed E-state index contributed by atoms with van der Waals surface area (Å²) in [5.41, 5.74) is 4.16. The molecule has 0 aliphatic rings. The number of hydrogen-bond acceptors (Lipinski definition) is 2. The average molecular weight is 206 g/mol. The van der Waals surface area contributed by atoms with Crippen molar-refractivity contribution >= 4 is 0 Å². The lowest BCUT2D eigenvalue weighted by Crippen LogP contribution is -2.33. The molecule has 0 amide bonds. The number of aromatic nitrogens is 1. The van der Waals surface area contributed by atoms with Crippen molar-refractivity contribution in [2.45, 2.75) is 19.1 Å². The molecule has 0 aromatic carbocycles. The van der Waals surface area contributed by atoms with E-state index in [2.05, 4.69) is 4.98 Å². The van der Waals surface area contributed by atoms with E-state index in [1.165, 1.54) is 6.20 Å². The predicted molar refractivity (Wildman–Crippen MR) is 44.8 cm³/mol. The lowest BCUT2D eigenvalue weighted by atomic mass is 10.1. The number of H-pyrrole nitrogens is 1. The van der Waals surface area contributed by atoms with Crippen LogP contribution in [0.5, 0.6) is 0 Å². The van der Waals surface area contributed by atoms with E-state index in [1.807, 2.05) is 0 Å². The number of aryl methyl sites for hydroxylation is 1. The topological polar surface area (TPSA) is 58.9 Å². The molecule has 6 heteroatoms. The van der Waals surface area contributed by atoms with E-state index in [0.717, 1.165) is 6.07 Å². The van der Waals surface area contributed by atoms with Crippen LogP contribution in [0.15, 0.2) is 17.1 Å². The fraction of sp³-hybridized carbons (Fsp3) is 0.375. The molecule has 3 nitrogen and oxygen atoms in total. The maximum Gasteiger partial charge on any atom is 0.407 e. The molecular weight excluding hydrogens is 197 g/mol. The van der Waals surface area contributed by atoms with Gasteiger partial charge in [0, 0.05) is 11.8 Å². The van der Waals surface area contributed by atoms with Gasteiger partial charge in [0.25, 0.3) is 5.56 Å². The van der Waals surface area contributed by atoms with Crippen molar-refractivity contribution in [3.8, 4) is 0 Å². The summed E-state index contributed by atoms with van der Waals surface area (Å²) in [6.07, 6.45) is -3.27. The van der Waals surface area contributed by atoms with Gasteiger partial charge in [-0.2, -0.15) is 13.2 Å². The summed E-state index contributed by atoms with van der Waals surface area (Å²) in [5.74, 6) is 0. The minimum Gasteiger partial charge on any atom is -0.329 e. The van der Waals surface area contributed by atoms with Crippen LogP contribution in [0, 0.1) is 6.92 Å². The number of alkyl halides is 3. The molecule has 14 heavy (non-hydrogen) atoms. The quantitative estimate of drug-likeness (QED) is 0.726. The molecule has 78 valence electrons. The summed E-state index contributed by atoms with van der Waals surface area (Å²) in [4.78, 5) is 13.2. The molecule has 0 saturated carbocycles. The summed E-state index contributed by atoms with van der Waals surface area (Å²) in [5, 5.41) is 0. The number of nitrogens with one attached hydrogen (secondary N) is 1. The Balaban J connectivity index is 3.19. The van der Waals surface area contributed by atoms with Gasteiger partial charge in [-0.1, -0.05) is 0 Å². The van der Waals surface area contributed by atoms with Gasteiger partial charge in [0.2, 0.25) is 0 Å². The normalized spacial score (nSPS) is 14.1. The molecule has 0 spiro atoms. The van der Waals surface area contributed by atoms with Crippen LogP contribution in [0.1, 0.15) is 17.2 Å². The average Bonchev–Trinajstić information content (AvgIpc) is 2.06. The molecule has 1 atom stereocenters. The van der Waals surface area contributed by atoms with Gasteiger partial charge in [0.15, 0.2) is 0 Å². The zero-order chi connectivity index (χ0) is 10.9. The molecule has 1 aromatic heterocycles. The number of rotatable bonds is 1. The maximum absolute atomic E-state index is 12.2. The number of nitrogens with two attached hydrogens (primary N) is 1. The maximum atomic E-state index is 12.2. The van der Waals surface area contributed by atoms with Gasteiger partial charge in [-0.3, -0.25) is 4.79 Å². The van der Waals surface area contributed by atoms with Gasteiger partial charge in [0.1, 0.15) is 6.04 Å². The van der Waals surface area contributed by atoms with E-state index < -0.39 is 23.3 Å². The van der Waals surface area contributed by atoms with Crippen LogP contribution in [0.25, 0.3) is 0 Å². The highest BCUT2D eigenvalue weighted by atomic mass is 19.4. The van der Waals surface area contributed by atoms with Crippen LogP contribution in [0.4, 0.5) is 13.2 Å². The van der Waals surface area contributed by atoms with E-state index in [-0.39, 0.29) is 0 Å². The van der Waals surface area contributed by atoms with E-state index in [4.69, 9.17) is 5.73 Å². The van der Waals surface area contributed by atoms with E-state index in [1.54, 1.807) is 6.92 Å². The highest BCUT2D eigenvalue weighted by Crippen LogP contribution is 2.28. The molecule has 0 aliphatic carbocycles. The van der Waals surface area contributed by atoms with Crippen LogP contribution in [-0.2, 0) is 0 Å². The highest BCUT2D eigenvalue weighted by Gasteiger charge is 2.39. The molecule has 0 aliphatic heterocycles. The lowest BCUT2D eigenvalue weighted by molar-refractivity contribution is -0.149. The third kappa shape index (κ3) is 2.14. The molecule has 0 unspecified atom stereocenters. The van der Waals surface area contributed by atoms with Crippen molar-refractivity contribution in [1.82, 2.24) is 4.98 Å². The van der Waals surface area contributed by atoms with Crippen molar-refractivity contribution in [2.24, 2.45) is 5.73 Å². The molecule has 0 fully saturated rings. The fourth-order valence-electron chi connectivity index (χ4n) is 1.02. The Morgan fingerprint density at radius 3 is 2.57 bits per heavy atom. The minimum absolute atomic E-state index is 0.461. The largest absolute Gasteiger partial charge is 0.407 e. The minimum atomic E-state index is -4.60. The zero-order valence-corrected chi connectivity index (χ0v) is 7.35. The Bertz CT molecular complexity index is 383.